The van der Waals surface area contributed by atoms with E-state index in [9.17, 15) is 4.79 Å². The highest BCUT2D eigenvalue weighted by Gasteiger charge is 2.32. The number of hydrogen-bond acceptors (Lipinski definition) is 2. The van der Waals surface area contributed by atoms with Crippen molar-refractivity contribution < 1.29 is 4.79 Å². The number of nitriles is 1. The van der Waals surface area contributed by atoms with Crippen LogP contribution in [-0.4, -0.2) is 11.9 Å². The Morgan fingerprint density at radius 1 is 1.47 bits per heavy atom. The minimum absolute atomic E-state index is 0.0978. The van der Waals surface area contributed by atoms with Crippen molar-refractivity contribution in [3.63, 3.8) is 0 Å². The predicted molar refractivity (Wildman–Crippen MR) is 59.0 cm³/mol. The number of carbonyl (C=O) groups excluding carboxylic acids is 1. The van der Waals surface area contributed by atoms with Crippen LogP contribution in [0.1, 0.15) is 52.4 Å². The molecule has 3 heteroatoms. The summed E-state index contributed by atoms with van der Waals surface area (Å²) in [4.78, 5) is 11.9. The van der Waals surface area contributed by atoms with E-state index in [4.69, 9.17) is 5.26 Å². The first kappa shape index (κ1) is 12.0. The maximum absolute atomic E-state index is 11.9. The van der Waals surface area contributed by atoms with E-state index in [1.165, 1.54) is 19.3 Å². The average Bonchev–Trinajstić information content (AvgIpc) is 2.29. The summed E-state index contributed by atoms with van der Waals surface area (Å²) in [6.45, 7) is 3.59. The van der Waals surface area contributed by atoms with Crippen LogP contribution in [0.3, 0.4) is 0 Å². The SMILES string of the molecule is CCC(C)(C#N)C(=O)NC1CCCCC1. The van der Waals surface area contributed by atoms with Gasteiger partial charge in [0.1, 0.15) is 5.41 Å². The van der Waals surface area contributed by atoms with Crippen LogP contribution in [-0.2, 0) is 4.79 Å². The molecule has 1 N–H and O–H groups in total. The number of amides is 1. The van der Waals surface area contributed by atoms with Gasteiger partial charge in [-0.05, 0) is 26.2 Å². The lowest BCUT2D eigenvalue weighted by atomic mass is 9.87. The van der Waals surface area contributed by atoms with Gasteiger partial charge < -0.3 is 5.32 Å². The van der Waals surface area contributed by atoms with Gasteiger partial charge >= 0.3 is 0 Å². The molecule has 0 saturated heterocycles. The molecule has 0 aromatic rings. The van der Waals surface area contributed by atoms with E-state index in [-0.39, 0.29) is 5.91 Å². The van der Waals surface area contributed by atoms with Gasteiger partial charge in [0.05, 0.1) is 6.07 Å². The number of nitrogens with zero attached hydrogens (tertiary/aromatic N) is 1. The second-order valence-corrected chi connectivity index (χ2v) is 4.61. The Balaban J connectivity index is 2.50. The Kier molecular flexibility index (Phi) is 4.14. The number of rotatable bonds is 3. The molecule has 15 heavy (non-hydrogen) atoms. The molecule has 1 unspecified atom stereocenters. The molecular weight excluding hydrogens is 188 g/mol. The summed E-state index contributed by atoms with van der Waals surface area (Å²) in [7, 11) is 0. The summed E-state index contributed by atoms with van der Waals surface area (Å²) in [5.41, 5.74) is -0.850. The van der Waals surface area contributed by atoms with Gasteiger partial charge in [-0.1, -0.05) is 26.2 Å². The van der Waals surface area contributed by atoms with Crippen LogP contribution < -0.4 is 5.32 Å². The quantitative estimate of drug-likeness (QED) is 0.774. The van der Waals surface area contributed by atoms with Gasteiger partial charge in [-0.2, -0.15) is 5.26 Å². The van der Waals surface area contributed by atoms with Gasteiger partial charge in [0.15, 0.2) is 0 Å². The van der Waals surface area contributed by atoms with Gasteiger partial charge in [0.2, 0.25) is 5.91 Å². The molecular formula is C12H20N2O. The zero-order valence-electron chi connectivity index (χ0n) is 9.68. The van der Waals surface area contributed by atoms with Crippen LogP contribution in [0.25, 0.3) is 0 Å². The lowest BCUT2D eigenvalue weighted by Gasteiger charge is -2.27. The second kappa shape index (κ2) is 5.16. The predicted octanol–water partition coefficient (Wildman–Crippen LogP) is 2.38. The Bertz CT molecular complexity index is 263. The second-order valence-electron chi connectivity index (χ2n) is 4.61. The topological polar surface area (TPSA) is 52.9 Å². The van der Waals surface area contributed by atoms with Gasteiger partial charge in [0, 0.05) is 6.04 Å². The average molecular weight is 208 g/mol. The number of carbonyl (C=O) groups is 1. The molecule has 84 valence electrons. The van der Waals surface area contributed by atoms with Gasteiger partial charge in [0.25, 0.3) is 0 Å². The van der Waals surface area contributed by atoms with Crippen molar-refractivity contribution in [3.05, 3.63) is 0 Å². The largest absolute Gasteiger partial charge is 0.352 e. The molecule has 1 atom stereocenters. The van der Waals surface area contributed by atoms with Crippen molar-refractivity contribution in [1.29, 1.82) is 5.26 Å². The van der Waals surface area contributed by atoms with E-state index in [1.54, 1.807) is 6.92 Å². The summed E-state index contributed by atoms with van der Waals surface area (Å²) in [5, 5.41) is 12.0. The van der Waals surface area contributed by atoms with Gasteiger partial charge in [-0.3, -0.25) is 4.79 Å². The van der Waals surface area contributed by atoms with Crippen molar-refractivity contribution in [3.8, 4) is 6.07 Å². The molecule has 0 heterocycles. The monoisotopic (exact) mass is 208 g/mol. The summed E-state index contributed by atoms with van der Waals surface area (Å²) in [6, 6.07) is 2.40. The fourth-order valence-corrected chi connectivity index (χ4v) is 1.88. The Labute approximate surface area is 91.9 Å². The summed E-state index contributed by atoms with van der Waals surface area (Å²) in [5.74, 6) is -0.0978. The molecule has 1 fully saturated rings. The highest BCUT2D eigenvalue weighted by atomic mass is 16.2. The third-order valence-electron chi connectivity index (χ3n) is 3.40. The van der Waals surface area contributed by atoms with Crippen molar-refractivity contribution >= 4 is 5.91 Å². The van der Waals surface area contributed by atoms with Crippen molar-refractivity contribution in [2.45, 2.75) is 58.4 Å². The molecule has 1 amide bonds. The van der Waals surface area contributed by atoms with E-state index < -0.39 is 5.41 Å². The van der Waals surface area contributed by atoms with Crippen molar-refractivity contribution in [2.75, 3.05) is 0 Å². The van der Waals surface area contributed by atoms with E-state index in [2.05, 4.69) is 11.4 Å². The Morgan fingerprint density at radius 3 is 2.53 bits per heavy atom. The summed E-state index contributed by atoms with van der Waals surface area (Å²) < 4.78 is 0. The first-order chi connectivity index (χ1) is 7.12. The molecule has 1 saturated carbocycles. The van der Waals surface area contributed by atoms with Crippen LogP contribution in [0.4, 0.5) is 0 Å². The van der Waals surface area contributed by atoms with E-state index >= 15 is 0 Å². The molecule has 0 radical (unpaired) electrons. The third-order valence-corrected chi connectivity index (χ3v) is 3.40. The maximum atomic E-state index is 11.9. The summed E-state index contributed by atoms with van der Waals surface area (Å²) in [6.07, 6.45) is 6.37. The molecule has 1 aliphatic rings. The fraction of sp³-hybridized carbons (Fsp3) is 0.833. The van der Waals surface area contributed by atoms with E-state index in [0.29, 0.717) is 12.5 Å². The molecule has 0 aromatic heterocycles. The minimum Gasteiger partial charge on any atom is -0.352 e. The Morgan fingerprint density at radius 2 is 2.07 bits per heavy atom. The molecule has 0 aromatic carbocycles. The van der Waals surface area contributed by atoms with Crippen LogP contribution in [0.2, 0.25) is 0 Å². The van der Waals surface area contributed by atoms with Crippen molar-refractivity contribution in [1.82, 2.24) is 5.32 Å². The van der Waals surface area contributed by atoms with Crippen LogP contribution >= 0.6 is 0 Å². The minimum atomic E-state index is -0.850. The zero-order valence-corrected chi connectivity index (χ0v) is 9.68. The molecule has 3 nitrogen and oxygen atoms in total. The number of nitrogens with one attached hydrogen (secondary N) is 1. The molecule has 0 bridgehead atoms. The van der Waals surface area contributed by atoms with Crippen LogP contribution in [0.5, 0.6) is 0 Å². The third kappa shape index (κ3) is 2.95. The van der Waals surface area contributed by atoms with Gasteiger partial charge in [-0.25, -0.2) is 0 Å². The maximum Gasteiger partial charge on any atom is 0.240 e. The first-order valence-electron chi connectivity index (χ1n) is 5.84. The highest BCUT2D eigenvalue weighted by molar-refractivity contribution is 5.85. The first-order valence-corrected chi connectivity index (χ1v) is 5.84. The van der Waals surface area contributed by atoms with Gasteiger partial charge in [-0.15, -0.1) is 0 Å². The normalized spacial score (nSPS) is 21.4. The highest BCUT2D eigenvalue weighted by Crippen LogP contribution is 2.22. The smallest absolute Gasteiger partial charge is 0.240 e. The zero-order chi connectivity index (χ0) is 11.3. The molecule has 0 aliphatic heterocycles. The number of hydrogen-bond donors (Lipinski definition) is 1. The fourth-order valence-electron chi connectivity index (χ4n) is 1.88. The Hall–Kier alpha value is -1.04. The lowest BCUT2D eigenvalue weighted by Crippen LogP contribution is -2.44. The van der Waals surface area contributed by atoms with Crippen LogP contribution in [0.15, 0.2) is 0 Å². The van der Waals surface area contributed by atoms with Crippen LogP contribution in [0, 0.1) is 16.7 Å². The molecule has 1 rings (SSSR count). The molecule has 1 aliphatic carbocycles. The molecule has 0 spiro atoms. The standard InChI is InChI=1S/C12H20N2O/c1-3-12(2,9-13)11(15)14-10-7-5-4-6-8-10/h10H,3-8H2,1-2H3,(H,14,15). The van der Waals surface area contributed by atoms with E-state index in [1.807, 2.05) is 6.92 Å². The van der Waals surface area contributed by atoms with Crippen molar-refractivity contribution in [2.24, 2.45) is 5.41 Å². The summed E-state index contributed by atoms with van der Waals surface area (Å²) >= 11 is 0. The lowest BCUT2D eigenvalue weighted by molar-refractivity contribution is -0.128. The van der Waals surface area contributed by atoms with E-state index in [0.717, 1.165) is 12.8 Å².